The van der Waals surface area contributed by atoms with Gasteiger partial charge in [0.25, 0.3) is 11.8 Å². The monoisotopic (exact) mass is 421 g/mol. The number of imide groups is 1. The third-order valence-corrected chi connectivity index (χ3v) is 5.79. The average Bonchev–Trinajstić information content (AvgIpc) is 3.20. The number of nitrogens with one attached hydrogen (secondary N) is 1. The van der Waals surface area contributed by atoms with E-state index in [0.717, 1.165) is 50.7 Å². The van der Waals surface area contributed by atoms with Crippen LogP contribution in [0.4, 0.5) is 0 Å². The Hall–Kier alpha value is -3.19. The minimum Gasteiger partial charge on any atom is -0.408 e. The lowest BCUT2D eigenvalue weighted by atomic mass is 10.1. The zero-order valence-corrected chi connectivity index (χ0v) is 17.7. The Morgan fingerprint density at radius 2 is 1.55 bits per heavy atom. The summed E-state index contributed by atoms with van der Waals surface area (Å²) < 4.78 is 6.75. The molecule has 0 bridgehead atoms. The van der Waals surface area contributed by atoms with E-state index >= 15 is 0 Å². The van der Waals surface area contributed by atoms with Crippen LogP contribution in [0.1, 0.15) is 52.0 Å². The molecule has 1 aromatic heterocycles. The van der Waals surface area contributed by atoms with E-state index in [9.17, 15) is 14.4 Å². The molecule has 0 saturated carbocycles. The van der Waals surface area contributed by atoms with Crippen LogP contribution >= 0.6 is 0 Å². The Morgan fingerprint density at radius 1 is 0.871 bits per heavy atom. The van der Waals surface area contributed by atoms with Crippen molar-refractivity contribution in [2.75, 3.05) is 19.6 Å². The lowest BCUT2D eigenvalue weighted by Gasteiger charge is -2.13. The van der Waals surface area contributed by atoms with Crippen LogP contribution in [0, 0.1) is 0 Å². The summed E-state index contributed by atoms with van der Waals surface area (Å²) in [5.74, 6) is -0.692. The molecule has 2 heterocycles. The molecule has 0 fully saturated rings. The number of nitrogens with zero attached hydrogens (tertiary/aromatic N) is 2. The third kappa shape index (κ3) is 4.46. The zero-order valence-electron chi connectivity index (χ0n) is 17.7. The molecule has 0 spiro atoms. The number of carbonyl (C=O) groups excluding carboxylic acids is 2. The molecule has 162 valence electrons. The average molecular weight is 421 g/mol. The van der Waals surface area contributed by atoms with Gasteiger partial charge in [0.1, 0.15) is 0 Å². The lowest BCUT2D eigenvalue weighted by Crippen LogP contribution is -2.31. The fourth-order valence-corrected chi connectivity index (χ4v) is 4.00. The molecule has 7 nitrogen and oxygen atoms in total. The van der Waals surface area contributed by atoms with Gasteiger partial charge in [-0.3, -0.25) is 19.1 Å². The highest BCUT2D eigenvalue weighted by Gasteiger charge is 2.34. The van der Waals surface area contributed by atoms with Gasteiger partial charge in [0.2, 0.25) is 0 Å². The number of rotatable bonds is 10. The van der Waals surface area contributed by atoms with Crippen LogP contribution in [0.2, 0.25) is 0 Å². The van der Waals surface area contributed by atoms with Crippen LogP contribution in [0.3, 0.4) is 0 Å². The number of hydrogen-bond donors (Lipinski definition) is 1. The van der Waals surface area contributed by atoms with E-state index in [1.165, 1.54) is 15.0 Å². The zero-order chi connectivity index (χ0) is 21.8. The number of oxazole rings is 1. The second-order valence-corrected chi connectivity index (χ2v) is 7.95. The third-order valence-electron chi connectivity index (χ3n) is 5.79. The molecule has 1 N–H and O–H groups in total. The molecule has 2 amide bonds. The predicted molar refractivity (Wildman–Crippen MR) is 118 cm³/mol. The Balaban J connectivity index is 1.10. The van der Waals surface area contributed by atoms with E-state index in [1.54, 1.807) is 31.3 Å². The number of benzene rings is 2. The molecule has 4 rings (SSSR count). The largest absolute Gasteiger partial charge is 0.419 e. The summed E-state index contributed by atoms with van der Waals surface area (Å²) in [6.07, 6.45) is 4.74. The van der Waals surface area contributed by atoms with Crippen molar-refractivity contribution in [2.24, 2.45) is 7.05 Å². The van der Waals surface area contributed by atoms with Crippen LogP contribution in [-0.2, 0) is 13.5 Å². The first-order valence-electron chi connectivity index (χ1n) is 10.8. The van der Waals surface area contributed by atoms with E-state index in [1.807, 2.05) is 18.2 Å². The normalized spacial score (nSPS) is 13.4. The van der Waals surface area contributed by atoms with Gasteiger partial charge in [0.05, 0.1) is 16.6 Å². The van der Waals surface area contributed by atoms with Gasteiger partial charge in [0, 0.05) is 13.6 Å². The van der Waals surface area contributed by atoms with Crippen molar-refractivity contribution in [1.29, 1.82) is 0 Å². The van der Waals surface area contributed by atoms with Gasteiger partial charge < -0.3 is 9.73 Å². The molecule has 1 aliphatic rings. The molecular weight excluding hydrogens is 394 g/mol. The summed E-state index contributed by atoms with van der Waals surface area (Å²) in [5, 5.41) is 3.43. The molecular formula is C24H27N3O4. The first kappa shape index (κ1) is 21.1. The van der Waals surface area contributed by atoms with Gasteiger partial charge in [-0.25, -0.2) is 4.79 Å². The molecule has 0 unspecified atom stereocenters. The molecule has 2 aromatic carbocycles. The summed E-state index contributed by atoms with van der Waals surface area (Å²) in [5.41, 5.74) is 3.65. The molecule has 1 aliphatic heterocycles. The van der Waals surface area contributed by atoms with E-state index in [4.69, 9.17) is 4.42 Å². The van der Waals surface area contributed by atoms with Crippen molar-refractivity contribution in [3.05, 3.63) is 69.7 Å². The first-order chi connectivity index (χ1) is 15.1. The van der Waals surface area contributed by atoms with Crippen LogP contribution in [-0.4, -0.2) is 40.9 Å². The standard InChI is InChI=1S/C24H27N3O4/c1-26-20-12-11-17(16-21(20)31-24(26)30)8-4-5-13-25-14-6-7-15-27-22(28)18-9-2-3-10-19(18)23(27)29/h2-3,9-12,16,25H,4-8,13-15H2,1H3. The van der Waals surface area contributed by atoms with Crippen molar-refractivity contribution >= 4 is 22.9 Å². The maximum Gasteiger partial charge on any atom is 0.419 e. The Kier molecular flexibility index (Phi) is 6.32. The molecule has 0 aliphatic carbocycles. The van der Waals surface area contributed by atoms with Crippen LogP contribution in [0.15, 0.2) is 51.7 Å². The number of amides is 2. The smallest absolute Gasteiger partial charge is 0.408 e. The van der Waals surface area contributed by atoms with Gasteiger partial charge in [-0.15, -0.1) is 0 Å². The minimum absolute atomic E-state index is 0.179. The lowest BCUT2D eigenvalue weighted by molar-refractivity contribution is 0.0651. The quantitative estimate of drug-likeness (QED) is 0.402. The van der Waals surface area contributed by atoms with Gasteiger partial charge >= 0.3 is 5.76 Å². The van der Waals surface area contributed by atoms with Crippen molar-refractivity contribution in [2.45, 2.75) is 32.1 Å². The number of carbonyl (C=O) groups is 2. The van der Waals surface area contributed by atoms with Gasteiger partial charge in [-0.05, 0) is 75.0 Å². The second kappa shape index (κ2) is 9.31. The Bertz CT molecular complexity index is 1130. The van der Waals surface area contributed by atoms with Crippen LogP contribution < -0.4 is 11.1 Å². The molecule has 31 heavy (non-hydrogen) atoms. The van der Waals surface area contributed by atoms with Crippen molar-refractivity contribution in [3.63, 3.8) is 0 Å². The maximum absolute atomic E-state index is 12.3. The highest BCUT2D eigenvalue weighted by Crippen LogP contribution is 2.22. The van der Waals surface area contributed by atoms with Gasteiger partial charge in [0.15, 0.2) is 5.58 Å². The number of hydrogen-bond acceptors (Lipinski definition) is 5. The number of aryl methyl sites for hydroxylation is 2. The predicted octanol–water partition coefficient (Wildman–Crippen LogP) is 3.12. The summed E-state index contributed by atoms with van der Waals surface area (Å²) >= 11 is 0. The van der Waals surface area contributed by atoms with E-state index in [-0.39, 0.29) is 17.6 Å². The highest BCUT2D eigenvalue weighted by atomic mass is 16.4. The van der Waals surface area contributed by atoms with E-state index < -0.39 is 0 Å². The summed E-state index contributed by atoms with van der Waals surface area (Å²) in [6.45, 7) is 2.26. The Morgan fingerprint density at radius 3 is 2.26 bits per heavy atom. The fourth-order valence-electron chi connectivity index (χ4n) is 4.00. The maximum atomic E-state index is 12.3. The summed E-state index contributed by atoms with van der Waals surface area (Å²) in [6, 6.07) is 12.9. The molecule has 0 radical (unpaired) electrons. The molecule has 0 saturated heterocycles. The van der Waals surface area contributed by atoms with E-state index in [2.05, 4.69) is 5.32 Å². The molecule has 7 heteroatoms. The SMILES string of the molecule is Cn1c(=O)oc2cc(CCCCNCCCCN3C(=O)c4ccccc4C3=O)ccc21. The summed E-state index contributed by atoms with van der Waals surface area (Å²) in [4.78, 5) is 37.6. The fraction of sp³-hybridized carbons (Fsp3) is 0.375. The first-order valence-corrected chi connectivity index (χ1v) is 10.8. The number of fused-ring (bicyclic) bond motifs is 2. The Labute approximate surface area is 180 Å². The van der Waals surface area contributed by atoms with Crippen molar-refractivity contribution in [3.8, 4) is 0 Å². The summed E-state index contributed by atoms with van der Waals surface area (Å²) in [7, 11) is 1.71. The highest BCUT2D eigenvalue weighted by molar-refractivity contribution is 6.21. The van der Waals surface area contributed by atoms with Gasteiger partial charge in [-0.1, -0.05) is 18.2 Å². The van der Waals surface area contributed by atoms with Crippen LogP contribution in [0.25, 0.3) is 11.1 Å². The van der Waals surface area contributed by atoms with Crippen LogP contribution in [0.5, 0.6) is 0 Å². The second-order valence-electron chi connectivity index (χ2n) is 7.95. The minimum atomic E-state index is -0.334. The topological polar surface area (TPSA) is 84.6 Å². The molecule has 3 aromatic rings. The molecule has 0 atom stereocenters. The van der Waals surface area contributed by atoms with E-state index in [0.29, 0.717) is 23.3 Å². The van der Waals surface area contributed by atoms with Crippen molar-refractivity contribution < 1.29 is 14.0 Å². The number of unbranched alkanes of at least 4 members (excludes halogenated alkanes) is 2. The van der Waals surface area contributed by atoms with Crippen molar-refractivity contribution in [1.82, 2.24) is 14.8 Å². The van der Waals surface area contributed by atoms with Gasteiger partial charge in [-0.2, -0.15) is 0 Å². The number of aromatic nitrogens is 1.